The Labute approximate surface area is 132 Å². The number of rotatable bonds is 4. The molecule has 1 N–H and O–H groups in total. The van der Waals surface area contributed by atoms with Gasteiger partial charge >= 0.3 is 0 Å². The second kappa shape index (κ2) is 7.43. The minimum absolute atomic E-state index is 0.0333. The van der Waals surface area contributed by atoms with E-state index in [2.05, 4.69) is 12.2 Å². The fourth-order valence-corrected chi connectivity index (χ4v) is 2.87. The molecular formula is C18H26N2O2. The number of hydrogen-bond donors (Lipinski definition) is 1. The van der Waals surface area contributed by atoms with Crippen molar-refractivity contribution in [1.29, 1.82) is 0 Å². The Morgan fingerprint density at radius 2 is 2.09 bits per heavy atom. The topological polar surface area (TPSA) is 49.4 Å². The highest BCUT2D eigenvalue weighted by atomic mass is 16.2. The van der Waals surface area contributed by atoms with Crippen LogP contribution in [0.15, 0.2) is 24.3 Å². The van der Waals surface area contributed by atoms with E-state index < -0.39 is 0 Å². The van der Waals surface area contributed by atoms with Crippen LogP contribution in [0.1, 0.15) is 56.8 Å². The van der Waals surface area contributed by atoms with Crippen LogP contribution in [-0.4, -0.2) is 29.3 Å². The van der Waals surface area contributed by atoms with Crippen molar-refractivity contribution >= 4 is 17.5 Å². The summed E-state index contributed by atoms with van der Waals surface area (Å²) < 4.78 is 0. The minimum atomic E-state index is -0.0778. The molecule has 1 saturated heterocycles. The second-order valence-electron chi connectivity index (χ2n) is 6.28. The lowest BCUT2D eigenvalue weighted by atomic mass is 9.99. The van der Waals surface area contributed by atoms with Crippen molar-refractivity contribution < 1.29 is 9.59 Å². The summed E-state index contributed by atoms with van der Waals surface area (Å²) in [5, 5.41) is 2.86. The maximum atomic E-state index is 12.8. The van der Waals surface area contributed by atoms with Gasteiger partial charge in [0, 0.05) is 29.8 Å². The van der Waals surface area contributed by atoms with Crippen LogP contribution in [0.4, 0.5) is 5.69 Å². The molecule has 0 saturated carbocycles. The van der Waals surface area contributed by atoms with Gasteiger partial charge in [0.15, 0.2) is 0 Å². The van der Waals surface area contributed by atoms with E-state index in [0.29, 0.717) is 17.3 Å². The highest BCUT2D eigenvalue weighted by Gasteiger charge is 2.26. The number of anilines is 1. The van der Waals surface area contributed by atoms with Crippen LogP contribution in [0, 0.1) is 5.92 Å². The number of benzene rings is 1. The number of piperidine rings is 1. The fourth-order valence-electron chi connectivity index (χ4n) is 2.87. The monoisotopic (exact) mass is 302 g/mol. The van der Waals surface area contributed by atoms with Gasteiger partial charge in [0.2, 0.25) is 5.91 Å². The number of amides is 2. The first-order valence-corrected chi connectivity index (χ1v) is 8.24. The van der Waals surface area contributed by atoms with Crippen LogP contribution in [0.2, 0.25) is 0 Å². The molecule has 120 valence electrons. The van der Waals surface area contributed by atoms with E-state index in [4.69, 9.17) is 0 Å². The van der Waals surface area contributed by atoms with Crippen molar-refractivity contribution in [1.82, 2.24) is 4.90 Å². The second-order valence-corrected chi connectivity index (χ2v) is 6.28. The lowest BCUT2D eigenvalue weighted by molar-refractivity contribution is -0.118. The molecule has 0 aromatic heterocycles. The fraction of sp³-hybridized carbons (Fsp3) is 0.556. The average molecular weight is 302 g/mol. The Bertz CT molecular complexity index is 540. The molecule has 1 aliphatic rings. The number of nitrogens with zero attached hydrogens (tertiary/aromatic N) is 1. The molecule has 2 rings (SSSR count). The summed E-state index contributed by atoms with van der Waals surface area (Å²) in [5.74, 6) is -0.0351. The van der Waals surface area contributed by atoms with Crippen molar-refractivity contribution in [3.63, 3.8) is 0 Å². The standard InChI is InChI=1S/C18H26N2O2/c1-4-16-10-5-6-11-20(16)18(22)14-8-7-9-15(12-14)19-17(21)13(2)3/h7-9,12-13,16H,4-6,10-11H2,1-3H3,(H,19,21)/t16-/m1/s1. The van der Waals surface area contributed by atoms with Crippen LogP contribution in [-0.2, 0) is 4.79 Å². The molecule has 0 bridgehead atoms. The predicted octanol–water partition coefficient (Wildman–Crippen LogP) is 3.69. The molecule has 22 heavy (non-hydrogen) atoms. The summed E-state index contributed by atoms with van der Waals surface area (Å²) in [4.78, 5) is 26.5. The Hall–Kier alpha value is -1.84. The molecule has 0 unspecified atom stereocenters. The smallest absolute Gasteiger partial charge is 0.254 e. The summed E-state index contributed by atoms with van der Waals surface area (Å²) >= 11 is 0. The van der Waals surface area contributed by atoms with Gasteiger partial charge in [-0.05, 0) is 43.9 Å². The maximum Gasteiger partial charge on any atom is 0.254 e. The van der Waals surface area contributed by atoms with Crippen molar-refractivity contribution in [2.45, 2.75) is 52.5 Å². The maximum absolute atomic E-state index is 12.8. The van der Waals surface area contributed by atoms with E-state index in [1.165, 1.54) is 6.42 Å². The van der Waals surface area contributed by atoms with Crippen molar-refractivity contribution in [3.8, 4) is 0 Å². The molecule has 0 spiro atoms. The van der Waals surface area contributed by atoms with Crippen LogP contribution >= 0.6 is 0 Å². The molecule has 0 radical (unpaired) electrons. The Balaban J connectivity index is 2.14. The van der Waals surface area contributed by atoms with Gasteiger partial charge in [0.25, 0.3) is 5.91 Å². The Morgan fingerprint density at radius 3 is 2.77 bits per heavy atom. The molecule has 1 aromatic rings. The van der Waals surface area contributed by atoms with Crippen LogP contribution in [0.25, 0.3) is 0 Å². The first-order chi connectivity index (χ1) is 10.5. The summed E-state index contributed by atoms with van der Waals surface area (Å²) in [5.41, 5.74) is 1.34. The van der Waals surface area contributed by atoms with Gasteiger partial charge in [-0.2, -0.15) is 0 Å². The normalized spacial score (nSPS) is 18.4. The molecule has 1 aromatic carbocycles. The van der Waals surface area contributed by atoms with Gasteiger partial charge in [0.1, 0.15) is 0 Å². The zero-order valence-electron chi connectivity index (χ0n) is 13.8. The third kappa shape index (κ3) is 3.87. The van der Waals surface area contributed by atoms with Crippen LogP contribution in [0.3, 0.4) is 0 Å². The van der Waals surface area contributed by atoms with E-state index in [1.54, 1.807) is 6.07 Å². The minimum Gasteiger partial charge on any atom is -0.336 e. The van der Waals surface area contributed by atoms with E-state index in [9.17, 15) is 9.59 Å². The zero-order valence-corrected chi connectivity index (χ0v) is 13.8. The number of hydrogen-bond acceptors (Lipinski definition) is 2. The lowest BCUT2D eigenvalue weighted by Crippen LogP contribution is -2.43. The molecule has 4 nitrogen and oxygen atoms in total. The van der Waals surface area contributed by atoms with Gasteiger partial charge < -0.3 is 10.2 Å². The number of carbonyl (C=O) groups is 2. The zero-order chi connectivity index (χ0) is 16.1. The SMILES string of the molecule is CC[C@@H]1CCCCN1C(=O)c1cccc(NC(=O)C(C)C)c1. The van der Waals surface area contributed by atoms with Gasteiger partial charge in [-0.1, -0.05) is 26.8 Å². The molecule has 0 aliphatic carbocycles. The van der Waals surface area contributed by atoms with E-state index in [0.717, 1.165) is 25.8 Å². The van der Waals surface area contributed by atoms with Gasteiger partial charge in [-0.25, -0.2) is 0 Å². The quantitative estimate of drug-likeness (QED) is 0.922. The van der Waals surface area contributed by atoms with Crippen molar-refractivity contribution in [3.05, 3.63) is 29.8 Å². The third-order valence-electron chi connectivity index (χ3n) is 4.26. The summed E-state index contributed by atoms with van der Waals surface area (Å²) in [6.07, 6.45) is 4.36. The Morgan fingerprint density at radius 1 is 1.32 bits per heavy atom. The van der Waals surface area contributed by atoms with Crippen molar-refractivity contribution in [2.75, 3.05) is 11.9 Å². The van der Waals surface area contributed by atoms with Crippen LogP contribution < -0.4 is 5.32 Å². The number of likely N-dealkylation sites (tertiary alicyclic amines) is 1. The molecule has 2 amide bonds. The molecule has 1 aliphatic heterocycles. The van der Waals surface area contributed by atoms with E-state index in [1.807, 2.05) is 36.9 Å². The van der Waals surface area contributed by atoms with Gasteiger partial charge in [0.05, 0.1) is 0 Å². The molecule has 4 heteroatoms. The van der Waals surface area contributed by atoms with Gasteiger partial charge in [-0.15, -0.1) is 0 Å². The lowest BCUT2D eigenvalue weighted by Gasteiger charge is -2.35. The Kier molecular flexibility index (Phi) is 5.58. The largest absolute Gasteiger partial charge is 0.336 e. The first kappa shape index (κ1) is 16.5. The number of nitrogens with one attached hydrogen (secondary N) is 1. The molecular weight excluding hydrogens is 276 g/mol. The summed E-state index contributed by atoms with van der Waals surface area (Å²) in [6, 6.07) is 7.60. The molecule has 1 atom stereocenters. The molecule has 1 heterocycles. The molecule has 1 fully saturated rings. The number of carbonyl (C=O) groups excluding carboxylic acids is 2. The summed E-state index contributed by atoms with van der Waals surface area (Å²) in [7, 11) is 0. The van der Waals surface area contributed by atoms with Crippen molar-refractivity contribution in [2.24, 2.45) is 5.92 Å². The highest BCUT2D eigenvalue weighted by molar-refractivity contribution is 5.97. The summed E-state index contributed by atoms with van der Waals surface area (Å²) in [6.45, 7) is 6.67. The first-order valence-electron chi connectivity index (χ1n) is 8.24. The highest BCUT2D eigenvalue weighted by Crippen LogP contribution is 2.23. The third-order valence-corrected chi connectivity index (χ3v) is 4.26. The van der Waals surface area contributed by atoms with E-state index in [-0.39, 0.29) is 17.7 Å². The van der Waals surface area contributed by atoms with E-state index >= 15 is 0 Å². The van der Waals surface area contributed by atoms with Crippen LogP contribution in [0.5, 0.6) is 0 Å². The average Bonchev–Trinajstić information content (AvgIpc) is 2.54. The van der Waals surface area contributed by atoms with Gasteiger partial charge in [-0.3, -0.25) is 9.59 Å². The predicted molar refractivity (Wildman–Crippen MR) is 88.9 cm³/mol.